The van der Waals surface area contributed by atoms with Crippen LogP contribution < -0.4 is 10.9 Å². The van der Waals surface area contributed by atoms with Crippen molar-refractivity contribution < 1.29 is 14.7 Å². The molecule has 3 aromatic rings. The van der Waals surface area contributed by atoms with Crippen molar-refractivity contribution >= 4 is 22.9 Å². The molecule has 2 aliphatic heterocycles. The number of hydrogen-bond acceptors (Lipinski definition) is 5. The van der Waals surface area contributed by atoms with E-state index < -0.39 is 23.5 Å². The van der Waals surface area contributed by atoms with Crippen LogP contribution in [0, 0.1) is 6.92 Å². The Labute approximate surface area is 247 Å². The zero-order chi connectivity index (χ0) is 29.2. The summed E-state index contributed by atoms with van der Waals surface area (Å²) in [5.74, 6) is -1.95. The smallest absolute Gasteiger partial charge is 0.330 e. The molecule has 0 radical (unpaired) electrons. The highest BCUT2D eigenvalue weighted by Gasteiger charge is 2.42. The lowest BCUT2D eigenvalue weighted by atomic mass is 9.79. The highest BCUT2D eigenvalue weighted by Crippen LogP contribution is 2.42. The lowest BCUT2D eigenvalue weighted by molar-refractivity contribution is -0.139. The number of nitrogens with zero attached hydrogens (tertiary/aromatic N) is 3. The predicted octanol–water partition coefficient (Wildman–Crippen LogP) is 5.93. The number of carboxylic acids is 1. The molecule has 3 atom stereocenters. The molecule has 3 fully saturated rings. The molecule has 3 aliphatic rings. The van der Waals surface area contributed by atoms with Crippen LogP contribution in [0.5, 0.6) is 0 Å². The summed E-state index contributed by atoms with van der Waals surface area (Å²) in [5.41, 5.74) is 1.94. The van der Waals surface area contributed by atoms with E-state index in [-0.39, 0.29) is 11.7 Å². The first-order valence-corrected chi connectivity index (χ1v) is 15.8. The maximum absolute atomic E-state index is 14.1. The fourth-order valence-corrected chi connectivity index (χ4v) is 7.93. The zero-order valence-electron chi connectivity index (χ0n) is 24.5. The Kier molecular flexibility index (Phi) is 8.43. The van der Waals surface area contributed by atoms with E-state index in [1.807, 2.05) is 37.3 Å². The number of aromatic nitrogens is 2. The van der Waals surface area contributed by atoms with Crippen molar-refractivity contribution in [2.75, 3.05) is 0 Å². The number of fused-ring (bicyclic) bond motifs is 3. The topological polar surface area (TPSA) is 105 Å². The average molecular weight is 571 g/mol. The number of carbonyl (C=O) groups excluding carboxylic acids is 1. The third kappa shape index (κ3) is 5.74. The molecule has 1 amide bonds. The van der Waals surface area contributed by atoms with Gasteiger partial charge in [-0.1, -0.05) is 80.5 Å². The second-order valence-electron chi connectivity index (χ2n) is 12.6. The van der Waals surface area contributed by atoms with Gasteiger partial charge in [0.15, 0.2) is 11.7 Å². The van der Waals surface area contributed by atoms with Crippen LogP contribution in [0.4, 0.5) is 0 Å². The second-order valence-corrected chi connectivity index (χ2v) is 12.6. The van der Waals surface area contributed by atoms with Crippen molar-refractivity contribution in [1.82, 2.24) is 19.8 Å². The van der Waals surface area contributed by atoms with E-state index in [1.54, 1.807) is 22.8 Å². The minimum atomic E-state index is -1.29. The Balaban J connectivity index is 1.33. The van der Waals surface area contributed by atoms with Gasteiger partial charge in [-0.2, -0.15) is 0 Å². The van der Waals surface area contributed by atoms with Gasteiger partial charge in [0, 0.05) is 24.2 Å². The number of aliphatic carboxylic acids is 1. The molecule has 2 aromatic carbocycles. The van der Waals surface area contributed by atoms with Gasteiger partial charge in [0.1, 0.15) is 0 Å². The maximum Gasteiger partial charge on any atom is 0.330 e. The molecular formula is C34H42N4O4. The highest BCUT2D eigenvalue weighted by atomic mass is 16.4. The summed E-state index contributed by atoms with van der Waals surface area (Å²) in [4.78, 5) is 47.2. The van der Waals surface area contributed by atoms with Crippen LogP contribution in [0.3, 0.4) is 0 Å². The number of carbonyl (C=O) groups is 2. The summed E-state index contributed by atoms with van der Waals surface area (Å²) < 4.78 is 1.81. The van der Waals surface area contributed by atoms with Crippen LogP contribution in [0.25, 0.3) is 11.0 Å². The van der Waals surface area contributed by atoms with Crippen LogP contribution in [0.1, 0.15) is 111 Å². The SMILES string of the molecule is Cc1cccc(C(NC(=O)c2nc3ccccc3n(C3CC4CCCC(C3)N4C3CCCCCCC3)c2=O)C(=O)O)c1. The Morgan fingerprint density at radius 2 is 1.52 bits per heavy atom. The van der Waals surface area contributed by atoms with Crippen LogP contribution in [0.15, 0.2) is 53.3 Å². The van der Waals surface area contributed by atoms with E-state index >= 15 is 0 Å². The summed E-state index contributed by atoms with van der Waals surface area (Å²) in [7, 11) is 0. The number of benzene rings is 2. The zero-order valence-corrected chi connectivity index (χ0v) is 24.5. The van der Waals surface area contributed by atoms with E-state index in [0.29, 0.717) is 29.2 Å². The van der Waals surface area contributed by atoms with Crippen molar-refractivity contribution in [3.63, 3.8) is 0 Å². The Morgan fingerprint density at radius 3 is 2.21 bits per heavy atom. The largest absolute Gasteiger partial charge is 0.479 e. The number of aryl methyl sites for hydroxylation is 1. The summed E-state index contributed by atoms with van der Waals surface area (Å²) in [6.07, 6.45) is 14.4. The molecular weight excluding hydrogens is 528 g/mol. The standard InChI is InChI=1S/C34H42N4O4/c1-22-11-9-12-23(19-22)30(34(41)42)36-32(39)31-33(40)38(29-18-8-7-17-28(29)35-31)27-20-25-15-10-16-26(21-27)37(25)24-13-5-3-2-4-6-14-24/h7-9,11-12,17-19,24-27,30H,2-6,10,13-16,20-21H2,1H3,(H,36,39)(H,41,42). The summed E-state index contributed by atoms with van der Waals surface area (Å²) in [6, 6.07) is 14.7. The normalized spacial score (nSPS) is 24.5. The van der Waals surface area contributed by atoms with Crippen molar-refractivity contribution in [1.29, 1.82) is 0 Å². The number of rotatable bonds is 6. The van der Waals surface area contributed by atoms with Gasteiger partial charge >= 0.3 is 5.97 Å². The first-order valence-electron chi connectivity index (χ1n) is 15.8. The first-order chi connectivity index (χ1) is 20.4. The van der Waals surface area contributed by atoms with E-state index in [2.05, 4.69) is 15.2 Å². The van der Waals surface area contributed by atoms with Crippen molar-refractivity contribution in [3.8, 4) is 0 Å². The van der Waals surface area contributed by atoms with Gasteiger partial charge in [-0.25, -0.2) is 9.78 Å². The molecule has 6 rings (SSSR count). The molecule has 1 saturated carbocycles. The number of carboxylic acid groups (broad SMARTS) is 1. The van der Waals surface area contributed by atoms with Crippen LogP contribution >= 0.6 is 0 Å². The summed E-state index contributed by atoms with van der Waals surface area (Å²) >= 11 is 0. The minimum Gasteiger partial charge on any atom is -0.479 e. The molecule has 0 spiro atoms. The average Bonchev–Trinajstić information content (AvgIpc) is 2.95. The molecule has 1 aromatic heterocycles. The minimum absolute atomic E-state index is 0.0379. The molecule has 8 heteroatoms. The van der Waals surface area contributed by atoms with Crippen LogP contribution in [-0.4, -0.2) is 49.6 Å². The molecule has 3 heterocycles. The number of para-hydroxylation sites is 2. The maximum atomic E-state index is 14.1. The number of piperidine rings is 2. The molecule has 2 saturated heterocycles. The molecule has 2 N–H and O–H groups in total. The van der Waals surface area contributed by atoms with E-state index in [0.717, 1.165) is 36.8 Å². The van der Waals surface area contributed by atoms with E-state index in [4.69, 9.17) is 0 Å². The number of hydrogen-bond donors (Lipinski definition) is 2. The molecule has 42 heavy (non-hydrogen) atoms. The quantitative estimate of drug-likeness (QED) is 0.381. The predicted molar refractivity (Wildman–Crippen MR) is 163 cm³/mol. The van der Waals surface area contributed by atoms with Crippen molar-refractivity contribution in [3.05, 3.63) is 75.7 Å². The fraction of sp³-hybridized carbons (Fsp3) is 0.529. The van der Waals surface area contributed by atoms with Gasteiger partial charge in [0.25, 0.3) is 11.5 Å². The molecule has 8 nitrogen and oxygen atoms in total. The summed E-state index contributed by atoms with van der Waals surface area (Å²) in [5, 5.41) is 12.5. The van der Waals surface area contributed by atoms with Gasteiger partial charge in [0.05, 0.1) is 11.0 Å². The number of amides is 1. The molecule has 3 unspecified atom stereocenters. The lowest BCUT2D eigenvalue weighted by Crippen LogP contribution is -2.57. The Bertz CT molecular complexity index is 1490. The Hall–Kier alpha value is -3.52. The fourth-order valence-electron chi connectivity index (χ4n) is 7.93. The molecule has 2 bridgehead atoms. The Morgan fingerprint density at radius 1 is 0.857 bits per heavy atom. The van der Waals surface area contributed by atoms with Gasteiger partial charge in [-0.15, -0.1) is 0 Å². The van der Waals surface area contributed by atoms with Crippen LogP contribution in [-0.2, 0) is 4.79 Å². The highest BCUT2D eigenvalue weighted by molar-refractivity contribution is 5.96. The van der Waals surface area contributed by atoms with E-state index in [9.17, 15) is 19.5 Å². The molecule has 1 aliphatic carbocycles. The van der Waals surface area contributed by atoms with Crippen molar-refractivity contribution in [2.45, 2.75) is 114 Å². The third-order valence-electron chi connectivity index (χ3n) is 9.78. The van der Waals surface area contributed by atoms with Gasteiger partial charge < -0.3 is 15.0 Å². The number of nitrogens with one attached hydrogen (secondary N) is 1. The summed E-state index contributed by atoms with van der Waals surface area (Å²) in [6.45, 7) is 1.87. The van der Waals surface area contributed by atoms with E-state index in [1.165, 1.54) is 51.4 Å². The second kappa shape index (κ2) is 12.4. The third-order valence-corrected chi connectivity index (χ3v) is 9.78. The van der Waals surface area contributed by atoms with Gasteiger partial charge in [-0.05, 0) is 63.1 Å². The molecule has 222 valence electrons. The monoisotopic (exact) mass is 570 g/mol. The van der Waals surface area contributed by atoms with Crippen molar-refractivity contribution in [2.24, 2.45) is 0 Å². The lowest BCUT2D eigenvalue weighted by Gasteiger charge is -2.53. The van der Waals surface area contributed by atoms with Gasteiger partial charge in [-0.3, -0.25) is 14.5 Å². The van der Waals surface area contributed by atoms with Crippen LogP contribution in [0.2, 0.25) is 0 Å². The van der Waals surface area contributed by atoms with Gasteiger partial charge in [0.2, 0.25) is 0 Å². The first kappa shape index (κ1) is 28.6.